The number of amides is 4. The topological polar surface area (TPSA) is 117 Å². The molecule has 1 unspecified atom stereocenters. The van der Waals surface area contributed by atoms with Crippen molar-refractivity contribution >= 4 is 47.1 Å². The number of thioether (sulfide) groups is 2. The van der Waals surface area contributed by atoms with Crippen molar-refractivity contribution < 1.29 is 14.4 Å². The molecule has 0 spiro atoms. The number of hydrogen-bond acceptors (Lipinski definition) is 6. The van der Waals surface area contributed by atoms with Crippen LogP contribution in [0.1, 0.15) is 31.9 Å². The lowest BCUT2D eigenvalue weighted by molar-refractivity contribution is -0.128. The Kier molecular flexibility index (Phi) is 11.0. The second kappa shape index (κ2) is 14.6. The molecular formula is C32H39N5O3S2. The molecule has 1 aliphatic heterocycles. The van der Waals surface area contributed by atoms with E-state index in [2.05, 4.69) is 22.0 Å². The molecule has 0 bridgehead atoms. The van der Waals surface area contributed by atoms with Crippen molar-refractivity contribution in [2.24, 2.45) is 11.7 Å². The Labute approximate surface area is 256 Å². The van der Waals surface area contributed by atoms with Crippen LogP contribution in [0.5, 0.6) is 0 Å². The van der Waals surface area contributed by atoms with Crippen molar-refractivity contribution in [2.45, 2.75) is 55.7 Å². The summed E-state index contributed by atoms with van der Waals surface area (Å²) in [6.45, 7) is 6.99. The summed E-state index contributed by atoms with van der Waals surface area (Å²) in [6, 6.07) is 20.6. The van der Waals surface area contributed by atoms with Gasteiger partial charge in [-0.05, 0) is 59.6 Å². The molecule has 0 aliphatic carbocycles. The van der Waals surface area contributed by atoms with Gasteiger partial charge in [0.25, 0.3) is 5.91 Å². The van der Waals surface area contributed by atoms with Crippen molar-refractivity contribution in [2.75, 3.05) is 23.5 Å². The Balaban J connectivity index is 1.58. The van der Waals surface area contributed by atoms with Gasteiger partial charge in [0, 0.05) is 28.6 Å². The number of anilines is 1. The number of nitrogens with zero attached hydrogens (tertiary/aromatic N) is 1. The molecule has 42 heavy (non-hydrogen) atoms. The van der Waals surface area contributed by atoms with Crippen molar-refractivity contribution in [3.05, 3.63) is 77.9 Å². The van der Waals surface area contributed by atoms with Gasteiger partial charge in [-0.15, -0.1) is 23.5 Å². The summed E-state index contributed by atoms with van der Waals surface area (Å²) < 4.78 is 0. The monoisotopic (exact) mass is 605 g/mol. The molecule has 5 N–H and O–H groups in total. The third kappa shape index (κ3) is 7.67. The molecule has 2 atom stereocenters. The molecule has 4 rings (SSSR count). The molecule has 0 aromatic heterocycles. The average Bonchev–Trinajstić information content (AvgIpc) is 3.12. The molecule has 0 fully saturated rings. The van der Waals surface area contributed by atoms with Gasteiger partial charge in [0.1, 0.15) is 6.04 Å². The van der Waals surface area contributed by atoms with Crippen LogP contribution in [0.3, 0.4) is 0 Å². The second-order valence-corrected chi connectivity index (χ2v) is 12.4. The normalized spacial score (nSPS) is 15.5. The fourth-order valence-electron chi connectivity index (χ4n) is 4.68. The van der Waals surface area contributed by atoms with Gasteiger partial charge in [-0.25, -0.2) is 4.79 Å². The third-order valence-electron chi connectivity index (χ3n) is 7.16. The minimum Gasteiger partial charge on any atom is -0.342 e. The molecule has 0 saturated carbocycles. The number of carbonyl (C=O) groups excluding carboxylic acids is 3. The van der Waals surface area contributed by atoms with Crippen LogP contribution in [0, 0.1) is 5.92 Å². The minimum absolute atomic E-state index is 0.0381. The number of carbonyl (C=O) groups is 3. The first-order valence-corrected chi connectivity index (χ1v) is 16.3. The number of fused-ring (bicyclic) bond motifs is 1. The van der Waals surface area contributed by atoms with Crippen molar-refractivity contribution in [1.82, 2.24) is 16.0 Å². The molecule has 222 valence electrons. The number of rotatable bonds is 10. The van der Waals surface area contributed by atoms with E-state index in [1.165, 1.54) is 0 Å². The van der Waals surface area contributed by atoms with E-state index in [4.69, 9.17) is 5.73 Å². The summed E-state index contributed by atoms with van der Waals surface area (Å²) in [5.74, 6) is -0.0851. The number of benzene rings is 3. The van der Waals surface area contributed by atoms with E-state index in [9.17, 15) is 14.4 Å². The van der Waals surface area contributed by atoms with Gasteiger partial charge in [-0.3, -0.25) is 9.59 Å². The molecule has 0 radical (unpaired) electrons. The first kappa shape index (κ1) is 31.5. The Hall–Kier alpha value is -3.47. The van der Waals surface area contributed by atoms with E-state index in [1.807, 2.05) is 87.7 Å². The fourth-order valence-corrected chi connectivity index (χ4v) is 6.30. The molecule has 10 heteroatoms. The van der Waals surface area contributed by atoms with E-state index < -0.39 is 12.1 Å². The smallest absolute Gasteiger partial charge is 0.315 e. The summed E-state index contributed by atoms with van der Waals surface area (Å²) in [4.78, 5) is 42.6. The summed E-state index contributed by atoms with van der Waals surface area (Å²) in [5, 5.41) is 8.57. The van der Waals surface area contributed by atoms with E-state index in [1.54, 1.807) is 28.4 Å². The zero-order chi connectivity index (χ0) is 30.2. The lowest BCUT2D eigenvalue weighted by Gasteiger charge is -2.27. The predicted octanol–water partition coefficient (Wildman–Crippen LogP) is 5.00. The maximum absolute atomic E-state index is 13.9. The third-order valence-corrected chi connectivity index (χ3v) is 9.03. The molecule has 3 aromatic carbocycles. The fraction of sp³-hybridized carbons (Fsp3) is 0.344. The highest BCUT2D eigenvalue weighted by molar-refractivity contribution is 8.00. The van der Waals surface area contributed by atoms with Crippen LogP contribution in [0.4, 0.5) is 10.5 Å². The highest BCUT2D eigenvalue weighted by Gasteiger charge is 2.33. The van der Waals surface area contributed by atoms with E-state index >= 15 is 0 Å². The number of urea groups is 1. The summed E-state index contributed by atoms with van der Waals surface area (Å²) in [6.07, 6.45) is 2.03. The second-order valence-electron chi connectivity index (χ2n) is 10.5. The SMILES string of the molecule is CCNC(=O)NCc1ccccc1-c1ccc(CN2C(=O)[C@H](NC(=O)C(N)C(C)C)CSc3cc(SC)ccc32)cc1. The van der Waals surface area contributed by atoms with Crippen LogP contribution in [-0.2, 0) is 22.7 Å². The van der Waals surface area contributed by atoms with Crippen LogP contribution < -0.4 is 26.6 Å². The number of hydrogen-bond donors (Lipinski definition) is 4. The van der Waals surface area contributed by atoms with Gasteiger partial charge < -0.3 is 26.6 Å². The van der Waals surface area contributed by atoms with Gasteiger partial charge in [-0.2, -0.15) is 0 Å². The van der Waals surface area contributed by atoms with Crippen molar-refractivity contribution in [3.63, 3.8) is 0 Å². The van der Waals surface area contributed by atoms with Gasteiger partial charge in [0.2, 0.25) is 5.91 Å². The summed E-state index contributed by atoms with van der Waals surface area (Å²) >= 11 is 3.22. The highest BCUT2D eigenvalue weighted by atomic mass is 32.2. The van der Waals surface area contributed by atoms with Crippen LogP contribution in [-0.4, -0.2) is 48.5 Å². The quantitative estimate of drug-likeness (QED) is 0.242. The van der Waals surface area contributed by atoms with Crippen LogP contribution in [0.25, 0.3) is 11.1 Å². The molecule has 1 aliphatic rings. The van der Waals surface area contributed by atoms with Gasteiger partial charge >= 0.3 is 6.03 Å². The Morgan fingerprint density at radius 2 is 1.81 bits per heavy atom. The Morgan fingerprint density at radius 3 is 2.50 bits per heavy atom. The van der Waals surface area contributed by atoms with Crippen molar-refractivity contribution in [1.29, 1.82) is 0 Å². The molecular weight excluding hydrogens is 567 g/mol. The van der Waals surface area contributed by atoms with E-state index in [0.29, 0.717) is 25.4 Å². The molecule has 4 amide bonds. The van der Waals surface area contributed by atoms with Gasteiger partial charge in [0.15, 0.2) is 0 Å². The maximum Gasteiger partial charge on any atom is 0.315 e. The molecule has 1 heterocycles. The zero-order valence-electron chi connectivity index (χ0n) is 24.5. The summed E-state index contributed by atoms with van der Waals surface area (Å²) in [7, 11) is 0. The van der Waals surface area contributed by atoms with E-state index in [0.717, 1.165) is 37.7 Å². The Bertz CT molecular complexity index is 1410. The maximum atomic E-state index is 13.9. The van der Waals surface area contributed by atoms with Gasteiger partial charge in [-0.1, -0.05) is 62.4 Å². The van der Waals surface area contributed by atoms with Gasteiger partial charge in [0.05, 0.1) is 18.3 Å². The minimum atomic E-state index is -0.694. The largest absolute Gasteiger partial charge is 0.342 e. The molecule has 0 saturated heterocycles. The van der Waals surface area contributed by atoms with Crippen LogP contribution in [0.2, 0.25) is 0 Å². The highest BCUT2D eigenvalue weighted by Crippen LogP contribution is 2.38. The first-order chi connectivity index (χ1) is 20.2. The van der Waals surface area contributed by atoms with E-state index in [-0.39, 0.29) is 23.8 Å². The average molecular weight is 606 g/mol. The molecule has 3 aromatic rings. The lowest BCUT2D eigenvalue weighted by atomic mass is 9.98. The zero-order valence-corrected chi connectivity index (χ0v) is 26.1. The Morgan fingerprint density at radius 1 is 1.07 bits per heavy atom. The first-order valence-electron chi connectivity index (χ1n) is 14.1. The standard InChI is InChI=1S/C32H39N5O3S2/c1-5-34-32(40)35-17-23-8-6-7-9-25(23)22-12-10-21(11-13-22)18-37-27-15-14-24(41-4)16-28(27)42-19-26(31(37)39)36-30(38)29(33)20(2)3/h6-16,20,26,29H,5,17-19,33H2,1-4H3,(H,36,38)(H2,34,35,40)/t26-,29?/m1/s1. The molecule has 8 nitrogen and oxygen atoms in total. The van der Waals surface area contributed by atoms with Crippen LogP contribution in [0.15, 0.2) is 76.5 Å². The van der Waals surface area contributed by atoms with Crippen LogP contribution >= 0.6 is 23.5 Å². The van der Waals surface area contributed by atoms with Crippen molar-refractivity contribution in [3.8, 4) is 11.1 Å². The summed E-state index contributed by atoms with van der Waals surface area (Å²) in [5.41, 5.74) is 10.9. The lowest BCUT2D eigenvalue weighted by Crippen LogP contribution is -2.54. The number of nitrogens with two attached hydrogens (primary N) is 1. The number of nitrogens with one attached hydrogen (secondary N) is 3. The predicted molar refractivity (Wildman–Crippen MR) is 173 cm³/mol.